The predicted molar refractivity (Wildman–Crippen MR) is 116 cm³/mol. The summed E-state index contributed by atoms with van der Waals surface area (Å²) in [5.74, 6) is -0.410. The number of thiophene rings is 1. The van der Waals surface area contributed by atoms with Gasteiger partial charge in [-0.2, -0.15) is 5.10 Å². The van der Waals surface area contributed by atoms with Crippen molar-refractivity contribution in [3.05, 3.63) is 65.7 Å². The summed E-state index contributed by atoms with van der Waals surface area (Å²) in [6.45, 7) is 5.46. The van der Waals surface area contributed by atoms with Gasteiger partial charge >= 0.3 is 5.97 Å². The molecule has 0 bridgehead atoms. The van der Waals surface area contributed by atoms with Crippen LogP contribution in [-0.2, 0) is 14.3 Å². The fraction of sp³-hybridized carbons (Fsp3) is 0.227. The van der Waals surface area contributed by atoms with Crippen LogP contribution >= 0.6 is 11.3 Å². The Morgan fingerprint density at radius 3 is 2.59 bits per heavy atom. The zero-order valence-corrected chi connectivity index (χ0v) is 17.3. The third-order valence-electron chi connectivity index (χ3n) is 4.14. The van der Waals surface area contributed by atoms with Crippen molar-refractivity contribution in [2.45, 2.75) is 32.9 Å². The molecule has 0 radical (unpaired) electrons. The number of aromatic nitrogens is 2. The molecule has 2 aromatic heterocycles. The number of nitrogens with one attached hydrogen (secondary N) is 1. The summed E-state index contributed by atoms with van der Waals surface area (Å²) >= 11 is 1.58. The summed E-state index contributed by atoms with van der Waals surface area (Å²) in [7, 11) is 0. The lowest BCUT2D eigenvalue weighted by Gasteiger charge is -2.15. The molecule has 1 N–H and O–H groups in total. The maximum atomic E-state index is 12.3. The van der Waals surface area contributed by atoms with Crippen LogP contribution in [0, 0.1) is 0 Å². The number of carbonyl (C=O) groups is 2. The molecule has 0 saturated carbocycles. The van der Waals surface area contributed by atoms with Crippen molar-refractivity contribution in [3.63, 3.8) is 0 Å². The van der Waals surface area contributed by atoms with Crippen LogP contribution in [-0.4, -0.2) is 27.8 Å². The number of rotatable bonds is 7. The van der Waals surface area contributed by atoms with Crippen LogP contribution in [0.5, 0.6) is 0 Å². The van der Waals surface area contributed by atoms with Crippen molar-refractivity contribution in [3.8, 4) is 10.4 Å². The SMILES string of the molecule is CC(C)n1nccc1NC(=O)[C@@H](C)OC(=O)/C=C/c1ccc(-c2ccccc2)s1. The minimum atomic E-state index is -0.925. The van der Waals surface area contributed by atoms with Crippen LogP contribution in [0.3, 0.4) is 0 Å². The normalized spacial score (nSPS) is 12.3. The maximum Gasteiger partial charge on any atom is 0.331 e. The van der Waals surface area contributed by atoms with Gasteiger partial charge in [-0.25, -0.2) is 9.48 Å². The van der Waals surface area contributed by atoms with E-state index >= 15 is 0 Å². The highest BCUT2D eigenvalue weighted by Crippen LogP contribution is 2.28. The second-order valence-electron chi connectivity index (χ2n) is 6.72. The van der Waals surface area contributed by atoms with E-state index in [1.807, 2.05) is 56.3 Å². The van der Waals surface area contributed by atoms with Crippen LogP contribution in [0.1, 0.15) is 31.7 Å². The number of carbonyl (C=O) groups excluding carboxylic acids is 2. The Morgan fingerprint density at radius 2 is 1.86 bits per heavy atom. The average Bonchev–Trinajstić information content (AvgIpc) is 3.36. The molecule has 0 spiro atoms. The fourth-order valence-corrected chi connectivity index (χ4v) is 3.59. The molecule has 0 aliphatic heterocycles. The quantitative estimate of drug-likeness (QED) is 0.450. The van der Waals surface area contributed by atoms with Crippen LogP contribution < -0.4 is 5.32 Å². The topological polar surface area (TPSA) is 73.2 Å². The Balaban J connectivity index is 1.55. The molecule has 0 saturated heterocycles. The van der Waals surface area contributed by atoms with E-state index in [0.29, 0.717) is 5.82 Å². The second kappa shape index (κ2) is 9.34. The van der Waals surface area contributed by atoms with Crippen LogP contribution in [0.25, 0.3) is 16.5 Å². The number of esters is 1. The first-order valence-corrected chi connectivity index (χ1v) is 10.1. The zero-order valence-electron chi connectivity index (χ0n) is 16.5. The maximum absolute atomic E-state index is 12.3. The van der Waals surface area contributed by atoms with E-state index in [9.17, 15) is 9.59 Å². The monoisotopic (exact) mass is 409 g/mol. The van der Waals surface area contributed by atoms with Crippen molar-refractivity contribution in [2.24, 2.45) is 0 Å². The molecule has 0 fully saturated rings. The summed E-state index contributed by atoms with van der Waals surface area (Å²) in [5.41, 5.74) is 1.13. The number of amides is 1. The third kappa shape index (κ3) is 5.42. The summed E-state index contributed by atoms with van der Waals surface area (Å²) in [5, 5.41) is 6.89. The molecule has 1 atom stereocenters. The summed E-state index contributed by atoms with van der Waals surface area (Å²) in [6, 6.07) is 15.8. The van der Waals surface area contributed by atoms with Crippen molar-refractivity contribution < 1.29 is 14.3 Å². The lowest BCUT2D eigenvalue weighted by atomic mass is 10.2. The van der Waals surface area contributed by atoms with Crippen LogP contribution in [0.4, 0.5) is 5.82 Å². The average molecular weight is 410 g/mol. The molecule has 1 aromatic carbocycles. The molecule has 0 unspecified atom stereocenters. The van der Waals surface area contributed by atoms with Gasteiger partial charge < -0.3 is 10.1 Å². The number of hydrogen-bond donors (Lipinski definition) is 1. The van der Waals surface area contributed by atoms with E-state index in [2.05, 4.69) is 10.4 Å². The van der Waals surface area contributed by atoms with Gasteiger partial charge in [-0.1, -0.05) is 30.3 Å². The van der Waals surface area contributed by atoms with Crippen LogP contribution in [0.2, 0.25) is 0 Å². The predicted octanol–water partition coefficient (Wildman–Crippen LogP) is 4.78. The Bertz CT molecular complexity index is 1010. The van der Waals surface area contributed by atoms with Gasteiger partial charge in [0.05, 0.1) is 6.20 Å². The van der Waals surface area contributed by atoms with E-state index in [1.165, 1.54) is 13.0 Å². The number of benzene rings is 1. The number of anilines is 1. The first-order chi connectivity index (χ1) is 13.9. The molecule has 2 heterocycles. The van der Waals surface area contributed by atoms with Crippen LogP contribution in [0.15, 0.2) is 60.8 Å². The lowest BCUT2D eigenvalue weighted by Crippen LogP contribution is -2.30. The Hall–Kier alpha value is -3.19. The van der Waals surface area contributed by atoms with Gasteiger partial charge in [0, 0.05) is 27.9 Å². The molecule has 0 aliphatic rings. The molecular weight excluding hydrogens is 386 g/mol. The van der Waals surface area contributed by atoms with E-state index in [0.717, 1.165) is 15.3 Å². The van der Waals surface area contributed by atoms with Crippen molar-refractivity contribution in [1.82, 2.24) is 9.78 Å². The van der Waals surface area contributed by atoms with Gasteiger partial charge in [0.25, 0.3) is 5.91 Å². The molecule has 150 valence electrons. The van der Waals surface area contributed by atoms with E-state index < -0.39 is 18.0 Å². The van der Waals surface area contributed by atoms with Crippen molar-refractivity contribution in [2.75, 3.05) is 5.32 Å². The van der Waals surface area contributed by atoms with Crippen molar-refractivity contribution in [1.29, 1.82) is 0 Å². The zero-order chi connectivity index (χ0) is 20.8. The Morgan fingerprint density at radius 1 is 1.10 bits per heavy atom. The summed E-state index contributed by atoms with van der Waals surface area (Å²) in [6.07, 6.45) is 3.71. The second-order valence-corrected chi connectivity index (χ2v) is 7.84. The Labute approximate surface area is 173 Å². The Kier molecular flexibility index (Phi) is 6.61. The van der Waals surface area contributed by atoms with E-state index in [4.69, 9.17) is 4.74 Å². The number of hydrogen-bond acceptors (Lipinski definition) is 5. The highest BCUT2D eigenvalue weighted by atomic mass is 32.1. The third-order valence-corrected chi connectivity index (χ3v) is 5.24. The van der Waals surface area contributed by atoms with Gasteiger partial charge in [-0.15, -0.1) is 11.3 Å². The van der Waals surface area contributed by atoms with Gasteiger partial charge in [0.2, 0.25) is 0 Å². The molecule has 3 rings (SSSR count). The summed E-state index contributed by atoms with van der Waals surface area (Å²) in [4.78, 5) is 26.4. The highest BCUT2D eigenvalue weighted by Gasteiger charge is 2.18. The fourth-order valence-electron chi connectivity index (χ4n) is 2.67. The number of nitrogens with zero attached hydrogens (tertiary/aromatic N) is 2. The summed E-state index contributed by atoms with van der Waals surface area (Å²) < 4.78 is 6.90. The largest absolute Gasteiger partial charge is 0.449 e. The highest BCUT2D eigenvalue weighted by molar-refractivity contribution is 7.16. The first kappa shape index (κ1) is 20.5. The standard InChI is InChI=1S/C22H23N3O3S/c1-15(2)25-20(13-14-23-25)24-22(27)16(3)28-21(26)12-10-18-9-11-19(29-18)17-7-5-4-6-8-17/h4-16H,1-3H3,(H,24,27)/b12-10+/t16-/m1/s1. The van der Waals surface area contributed by atoms with E-state index in [1.54, 1.807) is 34.4 Å². The van der Waals surface area contributed by atoms with Gasteiger partial charge in [0.1, 0.15) is 5.82 Å². The molecule has 29 heavy (non-hydrogen) atoms. The minimum absolute atomic E-state index is 0.104. The molecule has 3 aromatic rings. The minimum Gasteiger partial charge on any atom is -0.449 e. The molecule has 6 nitrogen and oxygen atoms in total. The van der Waals surface area contributed by atoms with Crippen molar-refractivity contribution >= 4 is 35.1 Å². The molecule has 0 aliphatic carbocycles. The first-order valence-electron chi connectivity index (χ1n) is 9.32. The van der Waals surface area contributed by atoms with Gasteiger partial charge in [-0.05, 0) is 44.5 Å². The number of ether oxygens (including phenoxy) is 1. The molecular formula is C22H23N3O3S. The van der Waals surface area contributed by atoms with Gasteiger partial charge in [0.15, 0.2) is 6.10 Å². The smallest absolute Gasteiger partial charge is 0.331 e. The van der Waals surface area contributed by atoms with E-state index in [-0.39, 0.29) is 6.04 Å². The molecule has 7 heteroatoms. The van der Waals surface area contributed by atoms with Gasteiger partial charge in [-0.3, -0.25) is 4.79 Å². The molecule has 1 amide bonds. The lowest BCUT2D eigenvalue weighted by molar-refractivity contribution is -0.148.